The van der Waals surface area contributed by atoms with Crippen LogP contribution in [0.4, 0.5) is 4.39 Å². The number of fused-ring (bicyclic) bond motifs is 1. The maximum atomic E-state index is 13.7. The Kier molecular flexibility index (Phi) is 4.21. The molecule has 1 aliphatic rings. The van der Waals surface area contributed by atoms with E-state index in [-0.39, 0.29) is 11.2 Å². The summed E-state index contributed by atoms with van der Waals surface area (Å²) >= 11 is 6.35. The summed E-state index contributed by atoms with van der Waals surface area (Å²) in [5, 5.41) is -0.167. The number of alkyl halides is 1. The van der Waals surface area contributed by atoms with Crippen LogP contribution >= 0.6 is 11.6 Å². The lowest BCUT2D eigenvalue weighted by Crippen LogP contribution is -2.24. The molecular formula is C17H22ClFN2. The van der Waals surface area contributed by atoms with Crippen LogP contribution in [-0.4, -0.2) is 9.55 Å². The first-order valence-corrected chi connectivity index (χ1v) is 8.37. The third-order valence-electron chi connectivity index (χ3n) is 4.76. The Labute approximate surface area is 130 Å². The van der Waals surface area contributed by atoms with Crippen molar-refractivity contribution in [3.05, 3.63) is 29.8 Å². The Hall–Kier alpha value is -1.09. The number of aromatic nitrogens is 2. The molecule has 3 unspecified atom stereocenters. The number of halogens is 2. The minimum absolute atomic E-state index is 0.167. The van der Waals surface area contributed by atoms with Gasteiger partial charge in [0.05, 0.1) is 16.4 Å². The summed E-state index contributed by atoms with van der Waals surface area (Å²) in [5.41, 5.74) is 1.74. The number of benzene rings is 1. The molecule has 1 saturated carbocycles. The van der Waals surface area contributed by atoms with Crippen LogP contribution in [0.5, 0.6) is 0 Å². The molecule has 3 atom stereocenters. The molecule has 21 heavy (non-hydrogen) atoms. The largest absolute Gasteiger partial charge is 0.323 e. The molecule has 0 saturated heterocycles. The van der Waals surface area contributed by atoms with Crippen molar-refractivity contribution in [2.45, 2.75) is 57.4 Å². The molecule has 0 bridgehead atoms. The summed E-state index contributed by atoms with van der Waals surface area (Å²) in [6.07, 6.45) is 6.05. The van der Waals surface area contributed by atoms with Crippen molar-refractivity contribution in [2.24, 2.45) is 5.92 Å². The van der Waals surface area contributed by atoms with E-state index in [1.54, 1.807) is 12.1 Å². The number of imidazole rings is 1. The van der Waals surface area contributed by atoms with E-state index in [1.165, 1.54) is 25.3 Å². The highest BCUT2D eigenvalue weighted by Crippen LogP contribution is 2.40. The Morgan fingerprint density at radius 2 is 2.14 bits per heavy atom. The Bertz CT molecular complexity index is 635. The fraction of sp³-hybridized carbons (Fsp3) is 0.588. The van der Waals surface area contributed by atoms with Gasteiger partial charge in [0, 0.05) is 6.04 Å². The van der Waals surface area contributed by atoms with Gasteiger partial charge in [-0.05, 0) is 43.9 Å². The van der Waals surface area contributed by atoms with Crippen LogP contribution in [0, 0.1) is 11.7 Å². The minimum atomic E-state index is -0.207. The predicted molar refractivity (Wildman–Crippen MR) is 85.2 cm³/mol. The van der Waals surface area contributed by atoms with E-state index < -0.39 is 0 Å². The van der Waals surface area contributed by atoms with Gasteiger partial charge in [-0.15, -0.1) is 11.6 Å². The summed E-state index contributed by atoms with van der Waals surface area (Å²) in [7, 11) is 0. The van der Waals surface area contributed by atoms with Crippen LogP contribution < -0.4 is 0 Å². The molecule has 2 aromatic rings. The van der Waals surface area contributed by atoms with Crippen molar-refractivity contribution >= 4 is 22.6 Å². The maximum Gasteiger partial charge on any atom is 0.127 e. The first-order chi connectivity index (χ1) is 10.1. The van der Waals surface area contributed by atoms with Gasteiger partial charge in [0.25, 0.3) is 0 Å². The Morgan fingerprint density at radius 3 is 2.86 bits per heavy atom. The van der Waals surface area contributed by atoms with Gasteiger partial charge in [-0.2, -0.15) is 0 Å². The number of hydrogen-bond donors (Lipinski definition) is 0. The average molecular weight is 309 g/mol. The third-order valence-corrected chi connectivity index (χ3v) is 4.95. The molecule has 0 amide bonds. The molecule has 2 nitrogen and oxygen atoms in total. The van der Waals surface area contributed by atoms with Gasteiger partial charge < -0.3 is 4.57 Å². The van der Waals surface area contributed by atoms with Crippen molar-refractivity contribution in [3.8, 4) is 0 Å². The smallest absolute Gasteiger partial charge is 0.127 e. The molecule has 0 aliphatic heterocycles. The van der Waals surface area contributed by atoms with Gasteiger partial charge in [0.1, 0.15) is 11.6 Å². The summed E-state index contributed by atoms with van der Waals surface area (Å²) in [4.78, 5) is 4.66. The molecule has 1 heterocycles. The van der Waals surface area contributed by atoms with E-state index >= 15 is 0 Å². The summed E-state index contributed by atoms with van der Waals surface area (Å²) < 4.78 is 15.9. The highest BCUT2D eigenvalue weighted by Gasteiger charge is 2.29. The molecule has 3 rings (SSSR count). The molecule has 0 radical (unpaired) electrons. The Balaban J connectivity index is 2.18. The monoisotopic (exact) mass is 308 g/mol. The van der Waals surface area contributed by atoms with Crippen LogP contribution in [0.25, 0.3) is 11.0 Å². The number of rotatable bonds is 3. The summed E-state index contributed by atoms with van der Waals surface area (Å²) in [5.74, 6) is 1.30. The zero-order valence-corrected chi connectivity index (χ0v) is 13.4. The Morgan fingerprint density at radius 1 is 1.38 bits per heavy atom. The van der Waals surface area contributed by atoms with E-state index in [0.717, 1.165) is 29.7 Å². The van der Waals surface area contributed by atoms with Crippen LogP contribution in [0.3, 0.4) is 0 Å². The zero-order chi connectivity index (χ0) is 15.0. The average Bonchev–Trinajstić information content (AvgIpc) is 2.85. The first kappa shape index (κ1) is 14.8. The second-order valence-electron chi connectivity index (χ2n) is 6.11. The second kappa shape index (κ2) is 5.96. The fourth-order valence-electron chi connectivity index (χ4n) is 3.72. The van der Waals surface area contributed by atoms with Gasteiger partial charge >= 0.3 is 0 Å². The third kappa shape index (κ3) is 2.68. The van der Waals surface area contributed by atoms with Crippen molar-refractivity contribution in [1.82, 2.24) is 9.55 Å². The second-order valence-corrected chi connectivity index (χ2v) is 6.76. The maximum absolute atomic E-state index is 13.7. The van der Waals surface area contributed by atoms with E-state index in [1.807, 2.05) is 6.92 Å². The summed E-state index contributed by atoms with van der Waals surface area (Å²) in [6.45, 7) is 4.19. The topological polar surface area (TPSA) is 17.8 Å². The van der Waals surface area contributed by atoms with E-state index in [9.17, 15) is 4.39 Å². The SMILES string of the molecule is CCC1CCCCC1n1c(C(C)Cl)nc2ccc(F)cc21. The van der Waals surface area contributed by atoms with Crippen LogP contribution in [0.2, 0.25) is 0 Å². The zero-order valence-electron chi connectivity index (χ0n) is 12.6. The predicted octanol–water partition coefficient (Wildman–Crippen LogP) is 5.62. The molecule has 0 spiro atoms. The number of hydrogen-bond acceptors (Lipinski definition) is 1. The lowest BCUT2D eigenvalue weighted by Gasteiger charge is -2.33. The molecule has 0 N–H and O–H groups in total. The van der Waals surface area contributed by atoms with Gasteiger partial charge in [-0.25, -0.2) is 9.37 Å². The lowest BCUT2D eigenvalue weighted by atomic mass is 9.82. The molecule has 4 heteroatoms. The number of nitrogens with zero attached hydrogens (tertiary/aromatic N) is 2. The van der Waals surface area contributed by atoms with E-state index in [2.05, 4.69) is 16.5 Å². The summed E-state index contributed by atoms with van der Waals surface area (Å²) in [6, 6.07) is 5.23. The molecule has 1 aromatic heterocycles. The van der Waals surface area contributed by atoms with Crippen LogP contribution in [-0.2, 0) is 0 Å². The first-order valence-electron chi connectivity index (χ1n) is 7.93. The van der Waals surface area contributed by atoms with Crippen molar-refractivity contribution < 1.29 is 4.39 Å². The highest BCUT2D eigenvalue weighted by atomic mass is 35.5. The van der Waals surface area contributed by atoms with Gasteiger partial charge in [-0.3, -0.25) is 0 Å². The van der Waals surface area contributed by atoms with Gasteiger partial charge in [-0.1, -0.05) is 26.2 Å². The van der Waals surface area contributed by atoms with E-state index in [4.69, 9.17) is 11.6 Å². The molecule has 1 aromatic carbocycles. The standard InChI is InChI=1S/C17H22ClFN2/c1-3-12-6-4-5-7-15(12)21-16-10-13(19)8-9-14(16)20-17(21)11(2)18/h8-12,15H,3-7H2,1-2H3. The van der Waals surface area contributed by atoms with Crippen LogP contribution in [0.15, 0.2) is 18.2 Å². The van der Waals surface area contributed by atoms with Gasteiger partial charge in [0.2, 0.25) is 0 Å². The quantitative estimate of drug-likeness (QED) is 0.673. The van der Waals surface area contributed by atoms with Crippen LogP contribution in [0.1, 0.15) is 63.2 Å². The lowest BCUT2D eigenvalue weighted by molar-refractivity contribution is 0.233. The van der Waals surface area contributed by atoms with Crippen molar-refractivity contribution in [1.29, 1.82) is 0 Å². The van der Waals surface area contributed by atoms with E-state index in [0.29, 0.717) is 12.0 Å². The molecular weight excluding hydrogens is 287 g/mol. The van der Waals surface area contributed by atoms with Gasteiger partial charge in [0.15, 0.2) is 0 Å². The molecule has 1 aliphatic carbocycles. The minimum Gasteiger partial charge on any atom is -0.323 e. The molecule has 114 valence electrons. The fourth-order valence-corrected chi connectivity index (χ4v) is 3.87. The normalized spacial score (nSPS) is 24.4. The highest BCUT2D eigenvalue weighted by molar-refractivity contribution is 6.20. The van der Waals surface area contributed by atoms with Crippen molar-refractivity contribution in [3.63, 3.8) is 0 Å². The van der Waals surface area contributed by atoms with Crippen molar-refractivity contribution in [2.75, 3.05) is 0 Å². The molecule has 1 fully saturated rings.